The summed E-state index contributed by atoms with van der Waals surface area (Å²) in [7, 11) is 0. The van der Waals surface area contributed by atoms with Gasteiger partial charge in [-0.2, -0.15) is 0 Å². The molecule has 0 spiro atoms. The summed E-state index contributed by atoms with van der Waals surface area (Å²) < 4.78 is 0. The summed E-state index contributed by atoms with van der Waals surface area (Å²) in [5.41, 5.74) is 2.65. The van der Waals surface area contributed by atoms with E-state index in [1.807, 2.05) is 43.3 Å². The van der Waals surface area contributed by atoms with Crippen LogP contribution in [0.15, 0.2) is 48.5 Å². The van der Waals surface area contributed by atoms with Crippen LogP contribution in [0.2, 0.25) is 0 Å². The molecule has 2 heteroatoms. The lowest BCUT2D eigenvalue weighted by atomic mass is 9.91. The van der Waals surface area contributed by atoms with Crippen LogP contribution < -0.4 is 0 Å². The fraction of sp³-hybridized carbons (Fsp3) is 0.133. The molecule has 0 radical (unpaired) electrons. The van der Waals surface area contributed by atoms with Gasteiger partial charge in [0.2, 0.25) is 0 Å². The van der Waals surface area contributed by atoms with Crippen LogP contribution in [-0.2, 0) is 4.79 Å². The topological polar surface area (TPSA) is 37.3 Å². The summed E-state index contributed by atoms with van der Waals surface area (Å²) in [4.78, 5) is 11.2. The summed E-state index contributed by atoms with van der Waals surface area (Å²) in [6.45, 7) is 1.83. The lowest BCUT2D eigenvalue weighted by Crippen LogP contribution is -2.02. The standard InChI is InChI=1S/C15H14O2/c1-11-9-13(7-8-15(11)17)14(10-16)12-5-3-2-4-6-12/h2-10,14,17H,1H3. The number of carbonyl (C=O) groups is 1. The Bertz CT molecular complexity index is 518. The predicted octanol–water partition coefficient (Wildman–Crippen LogP) is 3.03. The van der Waals surface area contributed by atoms with Crippen LogP contribution in [0.4, 0.5) is 0 Å². The van der Waals surface area contributed by atoms with Crippen LogP contribution in [0.3, 0.4) is 0 Å². The molecule has 0 aromatic heterocycles. The van der Waals surface area contributed by atoms with E-state index in [1.165, 1.54) is 0 Å². The number of benzene rings is 2. The van der Waals surface area contributed by atoms with Crippen molar-refractivity contribution < 1.29 is 9.90 Å². The molecular weight excluding hydrogens is 212 g/mol. The third-order valence-electron chi connectivity index (χ3n) is 2.87. The highest BCUT2D eigenvalue weighted by atomic mass is 16.3. The molecule has 86 valence electrons. The van der Waals surface area contributed by atoms with Gasteiger partial charge in [0.25, 0.3) is 0 Å². The second-order valence-corrected chi connectivity index (χ2v) is 4.07. The van der Waals surface area contributed by atoms with Gasteiger partial charge in [-0.05, 0) is 29.7 Å². The minimum Gasteiger partial charge on any atom is -0.508 e. The number of hydrogen-bond donors (Lipinski definition) is 1. The number of aldehydes is 1. The fourth-order valence-corrected chi connectivity index (χ4v) is 1.88. The summed E-state index contributed by atoms with van der Waals surface area (Å²) in [6.07, 6.45) is 0.932. The van der Waals surface area contributed by atoms with Crippen molar-refractivity contribution in [3.8, 4) is 5.75 Å². The number of aromatic hydroxyl groups is 1. The molecule has 0 saturated heterocycles. The molecular formula is C15H14O2. The van der Waals surface area contributed by atoms with Crippen molar-refractivity contribution in [2.75, 3.05) is 0 Å². The van der Waals surface area contributed by atoms with Crippen molar-refractivity contribution in [3.05, 3.63) is 65.2 Å². The molecule has 2 aromatic carbocycles. The molecule has 2 rings (SSSR count). The van der Waals surface area contributed by atoms with E-state index < -0.39 is 0 Å². The number of hydrogen-bond acceptors (Lipinski definition) is 2. The summed E-state index contributed by atoms with van der Waals surface area (Å²) in [6, 6.07) is 14.9. The molecule has 0 amide bonds. The maximum absolute atomic E-state index is 11.2. The van der Waals surface area contributed by atoms with Gasteiger partial charge in [0.05, 0.1) is 5.92 Å². The average Bonchev–Trinajstić information content (AvgIpc) is 2.36. The van der Waals surface area contributed by atoms with Crippen LogP contribution in [0.25, 0.3) is 0 Å². The van der Waals surface area contributed by atoms with Crippen molar-refractivity contribution in [2.24, 2.45) is 0 Å². The van der Waals surface area contributed by atoms with E-state index in [0.717, 1.165) is 23.0 Å². The summed E-state index contributed by atoms with van der Waals surface area (Å²) in [5.74, 6) is -0.0121. The van der Waals surface area contributed by atoms with E-state index >= 15 is 0 Å². The Kier molecular flexibility index (Phi) is 3.24. The first kappa shape index (κ1) is 11.4. The fourth-order valence-electron chi connectivity index (χ4n) is 1.88. The molecule has 0 heterocycles. The Hall–Kier alpha value is -2.09. The number of phenolic OH excluding ortho intramolecular Hbond substituents is 1. The predicted molar refractivity (Wildman–Crippen MR) is 67.2 cm³/mol. The largest absolute Gasteiger partial charge is 0.508 e. The highest BCUT2D eigenvalue weighted by Gasteiger charge is 2.13. The molecule has 1 N–H and O–H groups in total. The molecule has 1 unspecified atom stereocenters. The molecule has 0 saturated carbocycles. The monoisotopic (exact) mass is 226 g/mol. The minimum atomic E-state index is -0.268. The number of rotatable bonds is 3. The molecule has 2 aromatic rings. The molecule has 2 nitrogen and oxygen atoms in total. The maximum atomic E-state index is 11.2. The molecule has 17 heavy (non-hydrogen) atoms. The SMILES string of the molecule is Cc1cc(C(C=O)c2ccccc2)ccc1O. The van der Waals surface area contributed by atoms with E-state index in [4.69, 9.17) is 0 Å². The van der Waals surface area contributed by atoms with Gasteiger partial charge in [0, 0.05) is 0 Å². The number of carbonyl (C=O) groups excluding carboxylic acids is 1. The quantitative estimate of drug-likeness (QED) is 0.817. The van der Waals surface area contributed by atoms with Gasteiger partial charge in [0.1, 0.15) is 12.0 Å². The summed E-state index contributed by atoms with van der Waals surface area (Å²) in [5, 5.41) is 9.48. The number of aryl methyl sites for hydroxylation is 1. The average molecular weight is 226 g/mol. The molecule has 0 fully saturated rings. The second-order valence-electron chi connectivity index (χ2n) is 4.07. The number of phenols is 1. The molecule has 1 atom stereocenters. The van der Waals surface area contributed by atoms with Crippen LogP contribution in [0.1, 0.15) is 22.6 Å². The van der Waals surface area contributed by atoms with Crippen LogP contribution in [-0.4, -0.2) is 11.4 Å². The Morgan fingerprint density at radius 3 is 2.35 bits per heavy atom. The van der Waals surface area contributed by atoms with E-state index in [9.17, 15) is 9.90 Å². The van der Waals surface area contributed by atoms with E-state index in [2.05, 4.69) is 0 Å². The van der Waals surface area contributed by atoms with Crippen molar-refractivity contribution in [1.29, 1.82) is 0 Å². The first-order chi connectivity index (χ1) is 8.22. The van der Waals surface area contributed by atoms with Gasteiger partial charge in [0.15, 0.2) is 0 Å². The Morgan fingerprint density at radius 2 is 1.76 bits per heavy atom. The van der Waals surface area contributed by atoms with E-state index in [-0.39, 0.29) is 11.7 Å². The van der Waals surface area contributed by atoms with Gasteiger partial charge in [-0.1, -0.05) is 42.5 Å². The van der Waals surface area contributed by atoms with Gasteiger partial charge in [-0.15, -0.1) is 0 Å². The second kappa shape index (κ2) is 4.83. The van der Waals surface area contributed by atoms with E-state index in [1.54, 1.807) is 12.1 Å². The van der Waals surface area contributed by atoms with Gasteiger partial charge < -0.3 is 9.90 Å². The molecule has 0 aliphatic rings. The first-order valence-corrected chi connectivity index (χ1v) is 5.52. The zero-order chi connectivity index (χ0) is 12.3. The highest BCUT2D eigenvalue weighted by Crippen LogP contribution is 2.26. The third kappa shape index (κ3) is 2.36. The van der Waals surface area contributed by atoms with Crippen LogP contribution in [0, 0.1) is 6.92 Å². The Labute approximate surface area is 101 Å². The smallest absolute Gasteiger partial charge is 0.131 e. The minimum absolute atomic E-state index is 0.256. The highest BCUT2D eigenvalue weighted by molar-refractivity contribution is 5.68. The Morgan fingerprint density at radius 1 is 1.06 bits per heavy atom. The summed E-state index contributed by atoms with van der Waals surface area (Å²) >= 11 is 0. The zero-order valence-corrected chi connectivity index (χ0v) is 9.63. The van der Waals surface area contributed by atoms with Crippen LogP contribution in [0.5, 0.6) is 5.75 Å². The van der Waals surface area contributed by atoms with Crippen molar-refractivity contribution >= 4 is 6.29 Å². The lowest BCUT2D eigenvalue weighted by Gasteiger charge is -2.12. The Balaban J connectivity index is 2.42. The van der Waals surface area contributed by atoms with Gasteiger partial charge in [-0.25, -0.2) is 0 Å². The zero-order valence-electron chi connectivity index (χ0n) is 9.63. The maximum Gasteiger partial charge on any atom is 0.131 e. The van der Waals surface area contributed by atoms with Crippen molar-refractivity contribution in [2.45, 2.75) is 12.8 Å². The van der Waals surface area contributed by atoms with E-state index in [0.29, 0.717) is 0 Å². The lowest BCUT2D eigenvalue weighted by molar-refractivity contribution is -0.108. The van der Waals surface area contributed by atoms with Crippen LogP contribution >= 0.6 is 0 Å². The normalized spacial score (nSPS) is 12.1. The third-order valence-corrected chi connectivity index (χ3v) is 2.87. The molecule has 0 bridgehead atoms. The molecule has 0 aliphatic carbocycles. The van der Waals surface area contributed by atoms with Crippen molar-refractivity contribution in [1.82, 2.24) is 0 Å². The van der Waals surface area contributed by atoms with Gasteiger partial charge in [-0.3, -0.25) is 0 Å². The van der Waals surface area contributed by atoms with Gasteiger partial charge >= 0.3 is 0 Å². The first-order valence-electron chi connectivity index (χ1n) is 5.52. The van der Waals surface area contributed by atoms with Crippen molar-refractivity contribution in [3.63, 3.8) is 0 Å². The molecule has 0 aliphatic heterocycles.